The van der Waals surface area contributed by atoms with Gasteiger partial charge in [-0.15, -0.1) is 0 Å². The fourth-order valence-corrected chi connectivity index (χ4v) is 8.51. The van der Waals surface area contributed by atoms with Crippen molar-refractivity contribution in [3.8, 4) is 0 Å². The maximum atomic E-state index is 12.9. The van der Waals surface area contributed by atoms with E-state index in [9.17, 15) is 14.4 Å². The van der Waals surface area contributed by atoms with Crippen LogP contribution in [0.3, 0.4) is 0 Å². The van der Waals surface area contributed by atoms with Crippen LogP contribution in [-0.2, 0) is 28.6 Å². The zero-order chi connectivity index (χ0) is 50.0. The molecule has 69 heavy (non-hydrogen) atoms. The van der Waals surface area contributed by atoms with Crippen molar-refractivity contribution in [3.63, 3.8) is 0 Å². The summed E-state index contributed by atoms with van der Waals surface area (Å²) < 4.78 is 16.9. The third-order valence-electron chi connectivity index (χ3n) is 13.0. The van der Waals surface area contributed by atoms with Crippen LogP contribution in [-0.4, -0.2) is 37.2 Å². The van der Waals surface area contributed by atoms with Crippen molar-refractivity contribution in [1.29, 1.82) is 0 Å². The van der Waals surface area contributed by atoms with E-state index >= 15 is 0 Å². The van der Waals surface area contributed by atoms with E-state index < -0.39 is 6.10 Å². The van der Waals surface area contributed by atoms with Gasteiger partial charge in [-0.1, -0.05) is 242 Å². The summed E-state index contributed by atoms with van der Waals surface area (Å²) in [6, 6.07) is 0. The minimum absolute atomic E-state index is 0.0824. The quantitative estimate of drug-likeness (QED) is 0.0262. The Morgan fingerprint density at radius 1 is 0.304 bits per heavy atom. The first-order chi connectivity index (χ1) is 34.0. The van der Waals surface area contributed by atoms with Crippen LogP contribution in [0.4, 0.5) is 0 Å². The number of ether oxygens (including phenoxy) is 3. The third kappa shape index (κ3) is 55.9. The molecule has 0 unspecified atom stereocenters. The van der Waals surface area contributed by atoms with Gasteiger partial charge >= 0.3 is 17.9 Å². The average Bonchev–Trinajstić information content (AvgIpc) is 3.35. The molecule has 0 fully saturated rings. The summed E-state index contributed by atoms with van der Waals surface area (Å²) >= 11 is 0. The summed E-state index contributed by atoms with van der Waals surface area (Å²) in [5, 5.41) is 0. The highest BCUT2D eigenvalue weighted by molar-refractivity contribution is 5.71. The van der Waals surface area contributed by atoms with Crippen LogP contribution in [0.15, 0.2) is 60.8 Å². The monoisotopic (exact) mass is 965 g/mol. The van der Waals surface area contributed by atoms with Crippen molar-refractivity contribution >= 4 is 17.9 Å². The van der Waals surface area contributed by atoms with Crippen molar-refractivity contribution in [1.82, 2.24) is 0 Å². The molecule has 0 aliphatic carbocycles. The average molecular weight is 966 g/mol. The fourth-order valence-electron chi connectivity index (χ4n) is 8.51. The number of carbonyl (C=O) groups is 3. The van der Waals surface area contributed by atoms with Crippen molar-refractivity contribution in [3.05, 3.63) is 60.8 Å². The van der Waals surface area contributed by atoms with E-state index in [0.29, 0.717) is 19.3 Å². The van der Waals surface area contributed by atoms with Gasteiger partial charge in [-0.2, -0.15) is 0 Å². The lowest BCUT2D eigenvalue weighted by atomic mass is 10.1. The molecule has 1 atom stereocenters. The van der Waals surface area contributed by atoms with Gasteiger partial charge in [0.05, 0.1) is 0 Å². The molecule has 0 aromatic carbocycles. The molecule has 0 N–H and O–H groups in total. The Labute approximate surface area is 428 Å². The molecule has 0 amide bonds. The lowest BCUT2D eigenvalue weighted by Crippen LogP contribution is -2.30. The maximum Gasteiger partial charge on any atom is 0.306 e. The molecule has 0 rings (SSSR count). The van der Waals surface area contributed by atoms with E-state index in [-0.39, 0.29) is 31.1 Å². The van der Waals surface area contributed by atoms with Crippen LogP contribution in [0.5, 0.6) is 0 Å². The summed E-state index contributed by atoms with van der Waals surface area (Å²) in [6.45, 7) is 6.53. The summed E-state index contributed by atoms with van der Waals surface area (Å²) in [5.41, 5.74) is 0. The molecular weight excluding hydrogens is 853 g/mol. The topological polar surface area (TPSA) is 78.9 Å². The van der Waals surface area contributed by atoms with E-state index in [0.717, 1.165) is 96.3 Å². The number of allylic oxidation sites excluding steroid dienone is 10. The van der Waals surface area contributed by atoms with Crippen LogP contribution in [0.1, 0.15) is 303 Å². The van der Waals surface area contributed by atoms with Gasteiger partial charge in [0, 0.05) is 19.3 Å². The van der Waals surface area contributed by atoms with Crippen LogP contribution >= 0.6 is 0 Å². The van der Waals surface area contributed by atoms with Gasteiger partial charge in [-0.3, -0.25) is 14.4 Å². The zero-order valence-corrected chi connectivity index (χ0v) is 45.8. The first-order valence-corrected chi connectivity index (χ1v) is 29.8. The van der Waals surface area contributed by atoms with Crippen LogP contribution in [0, 0.1) is 0 Å². The largest absolute Gasteiger partial charge is 0.462 e. The molecule has 0 radical (unpaired) electrons. The minimum atomic E-state index is -0.786. The number of hydrogen-bond donors (Lipinski definition) is 0. The van der Waals surface area contributed by atoms with Crippen molar-refractivity contribution in [2.45, 2.75) is 309 Å². The molecule has 0 bridgehead atoms. The highest BCUT2D eigenvalue weighted by Crippen LogP contribution is 2.16. The number of rotatable bonds is 54. The van der Waals surface area contributed by atoms with Gasteiger partial charge in [0.1, 0.15) is 13.2 Å². The second-order valence-corrected chi connectivity index (χ2v) is 19.9. The number of hydrogen-bond acceptors (Lipinski definition) is 6. The van der Waals surface area contributed by atoms with E-state index in [4.69, 9.17) is 14.2 Å². The van der Waals surface area contributed by atoms with Crippen LogP contribution in [0.2, 0.25) is 0 Å². The smallest absolute Gasteiger partial charge is 0.306 e. The lowest BCUT2D eigenvalue weighted by molar-refractivity contribution is -0.167. The molecule has 0 heterocycles. The summed E-state index contributed by atoms with van der Waals surface area (Å²) in [5.74, 6) is -0.893. The minimum Gasteiger partial charge on any atom is -0.462 e. The Morgan fingerprint density at radius 3 is 0.899 bits per heavy atom. The summed E-state index contributed by atoms with van der Waals surface area (Å²) in [6.07, 6.45) is 72.1. The maximum absolute atomic E-state index is 12.9. The SMILES string of the molecule is CC/C=C\C/C=C\C/C=C\CCCCCCCC(=O)O[C@@H](COC(=O)CCCCCCCCC/C=C\CCCCCCCC)COC(=O)CCCCCCCCCCC/C=C\CCCCCCCC. The van der Waals surface area contributed by atoms with E-state index in [1.807, 2.05) is 0 Å². The molecule has 6 heteroatoms. The highest BCUT2D eigenvalue weighted by Gasteiger charge is 2.19. The van der Waals surface area contributed by atoms with Gasteiger partial charge in [-0.05, 0) is 103 Å². The van der Waals surface area contributed by atoms with Crippen molar-refractivity contribution in [2.75, 3.05) is 13.2 Å². The van der Waals surface area contributed by atoms with E-state index in [2.05, 4.69) is 81.5 Å². The standard InChI is InChI=1S/C63H112O6/c1-4-7-10-13-16-19-22-25-28-30-31-33-36-38-41-44-47-50-53-56-62(65)68-59-60(69-63(66)57-54-51-48-45-42-39-34-27-24-21-18-15-12-9-6-3)58-67-61(64)55-52-49-46-43-40-37-35-32-29-26-23-20-17-14-11-8-5-2/h9,12,18,21,25-29,34,60H,4-8,10-11,13-17,19-20,22-24,30-33,35-59H2,1-3H3/b12-9-,21-18-,28-25-,29-26-,34-27-/t60-/m0/s1. The molecule has 0 spiro atoms. The van der Waals surface area contributed by atoms with Crippen LogP contribution < -0.4 is 0 Å². The second kappa shape index (κ2) is 57.7. The zero-order valence-electron chi connectivity index (χ0n) is 45.8. The van der Waals surface area contributed by atoms with Crippen LogP contribution in [0.25, 0.3) is 0 Å². The van der Waals surface area contributed by atoms with Gasteiger partial charge in [0.25, 0.3) is 0 Å². The van der Waals surface area contributed by atoms with Crippen molar-refractivity contribution in [2.24, 2.45) is 0 Å². The molecule has 0 saturated carbocycles. The third-order valence-corrected chi connectivity index (χ3v) is 13.0. The highest BCUT2D eigenvalue weighted by atomic mass is 16.6. The first kappa shape index (κ1) is 66.1. The Kier molecular flexibility index (Phi) is 55.3. The predicted molar refractivity (Wildman–Crippen MR) is 298 cm³/mol. The number of carbonyl (C=O) groups excluding carboxylic acids is 3. The van der Waals surface area contributed by atoms with Crippen molar-refractivity contribution < 1.29 is 28.6 Å². The Balaban J connectivity index is 4.37. The Morgan fingerprint density at radius 2 is 0.565 bits per heavy atom. The number of esters is 3. The number of unbranched alkanes of at least 4 members (excludes halogenated alkanes) is 33. The van der Waals surface area contributed by atoms with E-state index in [1.165, 1.54) is 167 Å². The summed E-state index contributed by atoms with van der Waals surface area (Å²) in [7, 11) is 0. The Bertz CT molecular complexity index is 1250. The molecule has 0 saturated heterocycles. The molecule has 400 valence electrons. The predicted octanol–water partition coefficient (Wildman–Crippen LogP) is 20.0. The molecule has 0 aliphatic rings. The lowest BCUT2D eigenvalue weighted by Gasteiger charge is -2.18. The van der Waals surface area contributed by atoms with Gasteiger partial charge < -0.3 is 14.2 Å². The second-order valence-electron chi connectivity index (χ2n) is 19.9. The van der Waals surface area contributed by atoms with Gasteiger partial charge in [0.15, 0.2) is 6.10 Å². The molecule has 0 aromatic rings. The molecule has 6 nitrogen and oxygen atoms in total. The van der Waals surface area contributed by atoms with E-state index in [1.54, 1.807) is 0 Å². The molecule has 0 aliphatic heterocycles. The molecule has 0 aromatic heterocycles. The van der Waals surface area contributed by atoms with Gasteiger partial charge in [0.2, 0.25) is 0 Å². The fraction of sp³-hybridized carbons (Fsp3) is 0.794. The van der Waals surface area contributed by atoms with Gasteiger partial charge in [-0.25, -0.2) is 0 Å². The first-order valence-electron chi connectivity index (χ1n) is 29.8. The normalized spacial score (nSPS) is 12.4. The molecular formula is C63H112O6. The Hall–Kier alpha value is -2.89. The summed E-state index contributed by atoms with van der Waals surface area (Å²) in [4.78, 5) is 38.2.